The van der Waals surface area contributed by atoms with Crippen molar-refractivity contribution in [1.29, 1.82) is 10.5 Å². The predicted molar refractivity (Wildman–Crippen MR) is 64.3 cm³/mol. The highest BCUT2D eigenvalue weighted by atomic mass is 16.4. The summed E-state index contributed by atoms with van der Waals surface area (Å²) in [6.07, 6.45) is 3.89. The zero-order chi connectivity index (χ0) is 13.4. The Kier molecular flexibility index (Phi) is 4.89. The Morgan fingerprint density at radius 2 is 2.11 bits per heavy atom. The molecule has 90 valence electrons. The smallest absolute Gasteiger partial charge is 0.328 e. The molecule has 0 fully saturated rings. The molecule has 0 aliphatic rings. The number of aromatic nitrogens is 1. The van der Waals surface area contributed by atoms with E-state index in [9.17, 15) is 4.79 Å². The fraction of sp³-hybridized carbons (Fsp3) is 0.167. The molecule has 0 radical (unpaired) electrons. The number of carbonyl (C=O) groups is 1. The van der Waals surface area contributed by atoms with Gasteiger partial charge in [-0.1, -0.05) is 0 Å². The standard InChI is InChI=1S/C12H10N4O2/c13-5-8-16(9-6-14)12-10(2-1-7-15-12)3-4-11(17)18/h1-4,7H,8-9H2,(H,17,18)/b4-3+. The second kappa shape index (κ2) is 6.66. The van der Waals surface area contributed by atoms with Gasteiger partial charge in [0.2, 0.25) is 0 Å². The van der Waals surface area contributed by atoms with E-state index in [1.54, 1.807) is 12.1 Å². The van der Waals surface area contributed by atoms with Crippen molar-refractivity contribution in [2.45, 2.75) is 0 Å². The largest absolute Gasteiger partial charge is 0.478 e. The number of pyridine rings is 1. The van der Waals surface area contributed by atoms with Gasteiger partial charge in [-0.15, -0.1) is 0 Å². The van der Waals surface area contributed by atoms with Gasteiger partial charge in [0, 0.05) is 17.8 Å². The van der Waals surface area contributed by atoms with Crippen LogP contribution in [0.25, 0.3) is 6.08 Å². The molecule has 0 unspecified atom stereocenters. The first-order valence-corrected chi connectivity index (χ1v) is 5.04. The highest BCUT2D eigenvalue weighted by Gasteiger charge is 2.10. The van der Waals surface area contributed by atoms with Crippen LogP contribution in [0.1, 0.15) is 5.56 Å². The van der Waals surface area contributed by atoms with E-state index in [2.05, 4.69) is 4.98 Å². The number of anilines is 1. The summed E-state index contributed by atoms with van der Waals surface area (Å²) >= 11 is 0. The van der Waals surface area contributed by atoms with Gasteiger partial charge in [0.15, 0.2) is 0 Å². The van der Waals surface area contributed by atoms with Gasteiger partial charge in [-0.3, -0.25) is 0 Å². The van der Waals surface area contributed by atoms with Crippen LogP contribution in [0.5, 0.6) is 0 Å². The number of nitriles is 2. The number of aliphatic carboxylic acids is 1. The molecular weight excluding hydrogens is 232 g/mol. The summed E-state index contributed by atoms with van der Waals surface area (Å²) in [4.78, 5) is 16.0. The Bertz CT molecular complexity index is 524. The number of hydrogen-bond donors (Lipinski definition) is 1. The maximum atomic E-state index is 10.5. The fourth-order valence-corrected chi connectivity index (χ4v) is 1.34. The van der Waals surface area contributed by atoms with Crippen molar-refractivity contribution in [3.8, 4) is 12.1 Å². The Morgan fingerprint density at radius 1 is 1.44 bits per heavy atom. The van der Waals surface area contributed by atoms with E-state index >= 15 is 0 Å². The molecule has 0 spiro atoms. The lowest BCUT2D eigenvalue weighted by atomic mass is 10.2. The summed E-state index contributed by atoms with van der Waals surface area (Å²) in [6.45, 7) is 0.0248. The van der Waals surface area contributed by atoms with Gasteiger partial charge in [0.25, 0.3) is 0 Å². The van der Waals surface area contributed by atoms with E-state index in [1.807, 2.05) is 12.1 Å². The summed E-state index contributed by atoms with van der Waals surface area (Å²) < 4.78 is 0. The molecule has 1 aromatic heterocycles. The van der Waals surface area contributed by atoms with E-state index in [0.29, 0.717) is 11.4 Å². The molecular formula is C12H10N4O2. The van der Waals surface area contributed by atoms with Gasteiger partial charge in [-0.05, 0) is 18.2 Å². The molecule has 6 nitrogen and oxygen atoms in total. The van der Waals surface area contributed by atoms with Crippen LogP contribution in [0.2, 0.25) is 0 Å². The lowest BCUT2D eigenvalue weighted by molar-refractivity contribution is -0.131. The average Bonchev–Trinajstić information content (AvgIpc) is 2.36. The molecule has 0 aromatic carbocycles. The molecule has 0 saturated heterocycles. The first-order chi connectivity index (χ1) is 8.69. The molecule has 18 heavy (non-hydrogen) atoms. The molecule has 0 aliphatic carbocycles. The molecule has 0 saturated carbocycles. The zero-order valence-corrected chi connectivity index (χ0v) is 9.45. The maximum absolute atomic E-state index is 10.5. The SMILES string of the molecule is N#CCN(CC#N)c1ncccc1/C=C/C(=O)O. The van der Waals surface area contributed by atoms with Crippen molar-refractivity contribution in [3.05, 3.63) is 30.0 Å². The number of nitrogens with zero attached hydrogens (tertiary/aromatic N) is 4. The van der Waals surface area contributed by atoms with Gasteiger partial charge in [0.1, 0.15) is 18.9 Å². The Balaban J connectivity index is 3.10. The Labute approximate surface area is 104 Å². The molecule has 1 heterocycles. The van der Waals surface area contributed by atoms with Gasteiger partial charge in [-0.25, -0.2) is 9.78 Å². The molecule has 1 aromatic rings. The fourth-order valence-electron chi connectivity index (χ4n) is 1.34. The zero-order valence-electron chi connectivity index (χ0n) is 9.45. The first-order valence-electron chi connectivity index (χ1n) is 5.04. The minimum atomic E-state index is -1.07. The lowest BCUT2D eigenvalue weighted by Gasteiger charge is -2.18. The van der Waals surface area contributed by atoms with Crippen LogP contribution in [-0.4, -0.2) is 29.1 Å². The topological polar surface area (TPSA) is 101 Å². The van der Waals surface area contributed by atoms with Crippen LogP contribution in [0.15, 0.2) is 24.4 Å². The van der Waals surface area contributed by atoms with Gasteiger partial charge in [0.05, 0.1) is 12.1 Å². The van der Waals surface area contributed by atoms with Crippen molar-refractivity contribution < 1.29 is 9.90 Å². The summed E-state index contributed by atoms with van der Waals surface area (Å²) in [5.41, 5.74) is 0.547. The summed E-state index contributed by atoms with van der Waals surface area (Å²) in [5, 5.41) is 26.0. The predicted octanol–water partition coefficient (Wildman–Crippen LogP) is 1.03. The van der Waals surface area contributed by atoms with Crippen molar-refractivity contribution >= 4 is 17.9 Å². The summed E-state index contributed by atoms with van der Waals surface area (Å²) in [5.74, 6) is -0.657. The Morgan fingerprint density at radius 3 is 2.67 bits per heavy atom. The Hall–Kier alpha value is -2.86. The van der Waals surface area contributed by atoms with Crippen LogP contribution < -0.4 is 4.90 Å². The van der Waals surface area contributed by atoms with E-state index in [4.69, 9.17) is 15.6 Å². The molecule has 6 heteroatoms. The van der Waals surface area contributed by atoms with Gasteiger partial charge in [-0.2, -0.15) is 10.5 Å². The van der Waals surface area contributed by atoms with Crippen molar-refractivity contribution in [1.82, 2.24) is 4.98 Å². The third-order valence-electron chi connectivity index (χ3n) is 2.05. The first kappa shape index (κ1) is 13.2. The van der Waals surface area contributed by atoms with Crippen LogP contribution in [0.3, 0.4) is 0 Å². The number of rotatable bonds is 5. The van der Waals surface area contributed by atoms with E-state index in [0.717, 1.165) is 6.08 Å². The van der Waals surface area contributed by atoms with Crippen LogP contribution >= 0.6 is 0 Å². The highest BCUT2D eigenvalue weighted by molar-refractivity contribution is 5.86. The second-order valence-corrected chi connectivity index (χ2v) is 3.26. The van der Waals surface area contributed by atoms with Gasteiger partial charge < -0.3 is 10.0 Å². The summed E-state index contributed by atoms with van der Waals surface area (Å²) in [6, 6.07) is 7.20. The van der Waals surface area contributed by atoms with Crippen molar-refractivity contribution in [2.24, 2.45) is 0 Å². The number of hydrogen-bond acceptors (Lipinski definition) is 5. The van der Waals surface area contributed by atoms with Crippen molar-refractivity contribution in [3.63, 3.8) is 0 Å². The third-order valence-corrected chi connectivity index (χ3v) is 2.05. The molecule has 1 N–H and O–H groups in total. The minimum Gasteiger partial charge on any atom is -0.478 e. The summed E-state index contributed by atoms with van der Waals surface area (Å²) in [7, 11) is 0. The van der Waals surface area contributed by atoms with E-state index in [-0.39, 0.29) is 13.1 Å². The molecule has 0 atom stereocenters. The quantitative estimate of drug-likeness (QED) is 0.611. The lowest BCUT2D eigenvalue weighted by Crippen LogP contribution is -2.25. The highest BCUT2D eigenvalue weighted by Crippen LogP contribution is 2.18. The minimum absolute atomic E-state index is 0.0124. The third kappa shape index (κ3) is 3.62. The van der Waals surface area contributed by atoms with E-state index < -0.39 is 5.97 Å². The molecule has 0 aliphatic heterocycles. The monoisotopic (exact) mass is 242 g/mol. The average molecular weight is 242 g/mol. The second-order valence-electron chi connectivity index (χ2n) is 3.26. The normalized spacial score (nSPS) is 9.67. The number of carboxylic acid groups (broad SMARTS) is 1. The van der Waals surface area contributed by atoms with Gasteiger partial charge >= 0.3 is 5.97 Å². The van der Waals surface area contributed by atoms with E-state index in [1.165, 1.54) is 17.2 Å². The molecule has 1 rings (SSSR count). The number of carboxylic acids is 1. The van der Waals surface area contributed by atoms with Crippen molar-refractivity contribution in [2.75, 3.05) is 18.0 Å². The molecule has 0 amide bonds. The van der Waals surface area contributed by atoms with Crippen LogP contribution in [0, 0.1) is 22.7 Å². The van der Waals surface area contributed by atoms with Crippen LogP contribution in [0.4, 0.5) is 5.82 Å². The van der Waals surface area contributed by atoms with Crippen LogP contribution in [-0.2, 0) is 4.79 Å². The molecule has 0 bridgehead atoms. The maximum Gasteiger partial charge on any atom is 0.328 e.